The van der Waals surface area contributed by atoms with Gasteiger partial charge in [-0.15, -0.1) is 0 Å². The van der Waals surface area contributed by atoms with E-state index in [1.165, 1.54) is 392 Å². The van der Waals surface area contributed by atoms with E-state index in [-0.39, 0.29) is 38.6 Å². The quantitative estimate of drug-likeness (QED) is 0.0264. The molecule has 0 heterocycles. The third-order valence-corrected chi connectivity index (χ3v) is 20.3. The fraction of sp³-hybridized carbons (Fsp3) is 0.928. The molecule has 3 N–H and O–H groups in total. The first kappa shape index (κ1) is 91.5. The molecule has 552 valence electrons. The lowest BCUT2D eigenvalue weighted by Crippen LogP contribution is -2.29. The van der Waals surface area contributed by atoms with Crippen LogP contribution in [0.4, 0.5) is 0 Å². The number of esters is 2. The van der Waals surface area contributed by atoms with E-state index < -0.39 is 26.5 Å². The Balaban J connectivity index is 3.72. The highest BCUT2D eigenvalue weighted by molar-refractivity contribution is 7.47. The van der Waals surface area contributed by atoms with Crippen molar-refractivity contribution in [2.45, 2.75) is 469 Å². The molecule has 0 saturated carbocycles. The van der Waals surface area contributed by atoms with E-state index in [0.29, 0.717) is 6.42 Å². The molecule has 0 spiro atoms. The maximum absolute atomic E-state index is 12.8. The molecule has 2 unspecified atom stereocenters. The summed E-state index contributed by atoms with van der Waals surface area (Å²) >= 11 is 0. The Kier molecular flexibility index (Phi) is 78.2. The number of hydrogen-bond acceptors (Lipinski definition) is 8. The second-order valence-corrected chi connectivity index (χ2v) is 30.2. The summed E-state index contributed by atoms with van der Waals surface area (Å²) in [5.74, 6) is -0.797. The predicted molar refractivity (Wildman–Crippen MR) is 404 cm³/mol. The number of hydrogen-bond donors (Lipinski definition) is 2. The van der Waals surface area contributed by atoms with Gasteiger partial charge in [0.05, 0.1) is 13.2 Å². The Bertz CT molecular complexity index is 1570. The molecule has 0 saturated heterocycles. The minimum absolute atomic E-state index is 0.0575. The highest BCUT2D eigenvalue weighted by Gasteiger charge is 2.26. The third kappa shape index (κ3) is 79.4. The maximum Gasteiger partial charge on any atom is 0.472 e. The van der Waals surface area contributed by atoms with Crippen molar-refractivity contribution in [3.63, 3.8) is 0 Å². The molecule has 9 nitrogen and oxygen atoms in total. The number of phosphoric ester groups is 1. The van der Waals surface area contributed by atoms with Gasteiger partial charge in [0.25, 0.3) is 0 Å². The average Bonchev–Trinajstić information content (AvgIpc) is 3.70. The van der Waals surface area contributed by atoms with Crippen molar-refractivity contribution < 1.29 is 37.6 Å². The van der Waals surface area contributed by atoms with Crippen LogP contribution >= 0.6 is 7.82 Å². The molecule has 0 aromatic rings. The molecule has 0 bridgehead atoms. The highest BCUT2D eigenvalue weighted by atomic mass is 31.2. The van der Waals surface area contributed by atoms with Gasteiger partial charge in [-0.25, -0.2) is 4.57 Å². The van der Waals surface area contributed by atoms with Gasteiger partial charge in [-0.1, -0.05) is 430 Å². The van der Waals surface area contributed by atoms with Crippen LogP contribution < -0.4 is 5.73 Å². The number of ether oxygens (including phenoxy) is 2. The molecular weight excluding hydrogens is 1170 g/mol. The number of rotatable bonds is 81. The minimum atomic E-state index is -4.39. The van der Waals surface area contributed by atoms with Crippen molar-refractivity contribution in [2.75, 3.05) is 26.4 Å². The lowest BCUT2D eigenvalue weighted by atomic mass is 10.0. The van der Waals surface area contributed by atoms with Crippen LogP contribution in [0.25, 0.3) is 0 Å². The fourth-order valence-corrected chi connectivity index (χ4v) is 13.9. The van der Waals surface area contributed by atoms with Gasteiger partial charge < -0.3 is 20.1 Å². The van der Waals surface area contributed by atoms with E-state index in [4.69, 9.17) is 24.3 Å². The van der Waals surface area contributed by atoms with Crippen molar-refractivity contribution in [3.8, 4) is 0 Å². The SMILES string of the molecule is CCCCCCC/C=C\C/C=C\CCCCCCCCCCCCCCCCCCCCCCCCCC(=O)OC(COC(=O)CCCCCCCCCCCCCCCCCCCCCCCCCCCCCCCCCCCCCCC)COP(=O)(O)OCCN. The first-order valence-electron chi connectivity index (χ1n) is 41.8. The first-order chi connectivity index (χ1) is 45.8. The van der Waals surface area contributed by atoms with Crippen LogP contribution in [0.3, 0.4) is 0 Å². The zero-order valence-electron chi connectivity index (χ0n) is 62.5. The van der Waals surface area contributed by atoms with E-state index in [0.717, 1.165) is 38.5 Å². The minimum Gasteiger partial charge on any atom is -0.462 e. The van der Waals surface area contributed by atoms with Crippen molar-refractivity contribution in [1.82, 2.24) is 0 Å². The molecule has 0 amide bonds. The molecule has 0 aliphatic rings. The van der Waals surface area contributed by atoms with Gasteiger partial charge in [0.1, 0.15) is 6.61 Å². The van der Waals surface area contributed by atoms with Crippen LogP contribution in [0.5, 0.6) is 0 Å². The van der Waals surface area contributed by atoms with E-state index >= 15 is 0 Å². The summed E-state index contributed by atoms with van der Waals surface area (Å²) in [4.78, 5) is 35.5. The Morgan fingerprint density at radius 3 is 0.817 bits per heavy atom. The number of carbonyl (C=O) groups excluding carboxylic acids is 2. The summed E-state index contributed by atoms with van der Waals surface area (Å²) in [6, 6.07) is 0. The summed E-state index contributed by atoms with van der Waals surface area (Å²) in [7, 11) is -4.39. The van der Waals surface area contributed by atoms with Crippen LogP contribution in [0.2, 0.25) is 0 Å². The molecule has 2 atom stereocenters. The number of carbonyl (C=O) groups is 2. The Morgan fingerprint density at radius 2 is 0.559 bits per heavy atom. The number of unbranched alkanes of at least 4 members (excludes halogenated alkanes) is 64. The molecular formula is C83H162NO8P. The summed E-state index contributed by atoms with van der Waals surface area (Å²) in [6.07, 6.45) is 101. The van der Waals surface area contributed by atoms with Crippen LogP contribution in [0.1, 0.15) is 463 Å². The van der Waals surface area contributed by atoms with E-state index in [1.807, 2.05) is 0 Å². The predicted octanol–water partition coefficient (Wildman–Crippen LogP) is 28.0. The van der Waals surface area contributed by atoms with Gasteiger partial charge in [0.15, 0.2) is 6.10 Å². The molecule has 0 aliphatic heterocycles. The van der Waals surface area contributed by atoms with Crippen LogP contribution in [-0.4, -0.2) is 49.3 Å². The second-order valence-electron chi connectivity index (χ2n) is 28.7. The van der Waals surface area contributed by atoms with Crippen LogP contribution in [0, 0.1) is 0 Å². The molecule has 0 aromatic heterocycles. The lowest BCUT2D eigenvalue weighted by Gasteiger charge is -2.19. The normalized spacial score (nSPS) is 12.9. The Hall–Kier alpha value is -1.51. The lowest BCUT2D eigenvalue weighted by molar-refractivity contribution is -0.161. The summed E-state index contributed by atoms with van der Waals surface area (Å²) in [5, 5.41) is 0. The number of allylic oxidation sites excluding steroid dienone is 4. The van der Waals surface area contributed by atoms with E-state index in [2.05, 4.69) is 38.2 Å². The topological polar surface area (TPSA) is 134 Å². The third-order valence-electron chi connectivity index (χ3n) is 19.3. The molecule has 0 rings (SSSR count). The smallest absolute Gasteiger partial charge is 0.462 e. The van der Waals surface area contributed by atoms with Gasteiger partial charge in [-0.3, -0.25) is 18.6 Å². The van der Waals surface area contributed by atoms with Crippen molar-refractivity contribution in [1.29, 1.82) is 0 Å². The van der Waals surface area contributed by atoms with Gasteiger partial charge >= 0.3 is 19.8 Å². The standard InChI is InChI=1S/C83H162NO8P/c1-3-5-7-9-11-13-15-17-19-21-23-25-27-29-31-33-35-37-39-40-42-43-45-47-49-51-53-55-57-59-61-63-65-67-69-71-73-75-82(85)89-79-81(80-91-93(87,88)90-78-77-84)92-83(86)76-74-72-70-68-66-64-62-60-58-56-54-52-50-48-46-44-41-38-36-34-32-30-28-26-24-22-20-18-16-14-12-10-8-6-4-2/h16,18,22,24,81H,3-15,17,19-21,23,25-80,84H2,1-2H3,(H,87,88)/b18-16-,24-22-. The Labute approximate surface area is 580 Å². The molecule has 0 aliphatic carbocycles. The summed E-state index contributed by atoms with van der Waals surface area (Å²) in [6.45, 7) is 3.83. The zero-order chi connectivity index (χ0) is 67.2. The Morgan fingerprint density at radius 1 is 0.323 bits per heavy atom. The van der Waals surface area contributed by atoms with Crippen molar-refractivity contribution in [2.24, 2.45) is 5.73 Å². The summed E-state index contributed by atoms with van der Waals surface area (Å²) < 4.78 is 33.3. The first-order valence-corrected chi connectivity index (χ1v) is 43.3. The van der Waals surface area contributed by atoms with Crippen LogP contribution in [-0.2, 0) is 32.7 Å². The van der Waals surface area contributed by atoms with Gasteiger partial charge in [-0.05, 0) is 44.9 Å². The molecule has 0 fully saturated rings. The van der Waals surface area contributed by atoms with Gasteiger partial charge in [0.2, 0.25) is 0 Å². The zero-order valence-corrected chi connectivity index (χ0v) is 63.4. The van der Waals surface area contributed by atoms with Crippen LogP contribution in [0.15, 0.2) is 24.3 Å². The van der Waals surface area contributed by atoms with E-state index in [1.54, 1.807) is 0 Å². The van der Waals surface area contributed by atoms with E-state index in [9.17, 15) is 19.0 Å². The average molecular weight is 1330 g/mol. The monoisotopic (exact) mass is 1330 g/mol. The fourth-order valence-electron chi connectivity index (χ4n) is 13.1. The summed E-state index contributed by atoms with van der Waals surface area (Å²) in [5.41, 5.74) is 5.42. The molecule has 10 heteroatoms. The highest BCUT2D eigenvalue weighted by Crippen LogP contribution is 2.43. The van der Waals surface area contributed by atoms with Gasteiger partial charge in [0, 0.05) is 19.4 Å². The molecule has 0 aromatic carbocycles. The second kappa shape index (κ2) is 79.5. The largest absolute Gasteiger partial charge is 0.472 e. The van der Waals surface area contributed by atoms with Crippen molar-refractivity contribution >= 4 is 19.8 Å². The van der Waals surface area contributed by atoms with Gasteiger partial charge in [-0.2, -0.15) is 0 Å². The number of phosphoric acid groups is 1. The molecule has 0 radical (unpaired) electrons. The maximum atomic E-state index is 12.8. The molecule has 93 heavy (non-hydrogen) atoms. The van der Waals surface area contributed by atoms with Crippen molar-refractivity contribution in [3.05, 3.63) is 24.3 Å². The number of nitrogens with two attached hydrogens (primary N) is 1.